The van der Waals surface area contributed by atoms with Gasteiger partial charge in [-0.05, 0) is 63.0 Å². The van der Waals surface area contributed by atoms with E-state index in [1.807, 2.05) is 13.8 Å². The lowest BCUT2D eigenvalue weighted by molar-refractivity contribution is 0.0994. The number of aryl methyl sites for hydroxylation is 2. The first-order valence-corrected chi connectivity index (χ1v) is 10.5. The van der Waals surface area contributed by atoms with E-state index in [-0.39, 0.29) is 0 Å². The highest BCUT2D eigenvalue weighted by Crippen LogP contribution is 2.37. The lowest BCUT2D eigenvalue weighted by Gasteiger charge is -2.20. The zero-order valence-electron chi connectivity index (χ0n) is 16.8. The van der Waals surface area contributed by atoms with Gasteiger partial charge in [0.05, 0.1) is 0 Å². The van der Waals surface area contributed by atoms with Crippen molar-refractivity contribution in [2.45, 2.75) is 58.5 Å². The Morgan fingerprint density at radius 3 is 2.63 bits per heavy atom. The Labute approximate surface area is 162 Å². The van der Waals surface area contributed by atoms with Crippen LogP contribution < -0.4 is 0 Å². The summed E-state index contributed by atoms with van der Waals surface area (Å²) in [6, 6.07) is 13.6. The topological polar surface area (TPSA) is 25.2 Å². The molecule has 2 aliphatic rings. The molecule has 0 radical (unpaired) electrons. The fraction of sp³-hybridized carbons (Fsp3) is 0.458. The Balaban J connectivity index is 0.000000872. The van der Waals surface area contributed by atoms with Gasteiger partial charge in [0.15, 0.2) is 5.78 Å². The normalized spacial score (nSPS) is 19.5. The predicted octanol–water partition coefficient (Wildman–Crippen LogP) is 5.43. The maximum absolute atomic E-state index is 12.2. The number of benzene rings is 2. The summed E-state index contributed by atoms with van der Waals surface area (Å²) in [5.74, 6) is 0.307. The third-order valence-electron chi connectivity index (χ3n) is 6.31. The van der Waals surface area contributed by atoms with Crippen LogP contribution in [0.3, 0.4) is 0 Å². The average Bonchev–Trinajstić information content (AvgIpc) is 3.38. The number of nitrogens with zero attached hydrogens (tertiary/aromatic N) is 2. The molecule has 3 nitrogen and oxygen atoms in total. The molecule has 1 aromatic heterocycles. The van der Waals surface area contributed by atoms with E-state index >= 15 is 0 Å². The van der Waals surface area contributed by atoms with Crippen LogP contribution in [0.2, 0.25) is 0 Å². The number of hydrogen-bond acceptors (Lipinski definition) is 2. The zero-order chi connectivity index (χ0) is 19.0. The molecular weight excluding hydrogens is 332 g/mol. The molecule has 1 aliphatic heterocycles. The monoisotopic (exact) mass is 362 g/mol. The second kappa shape index (κ2) is 7.47. The number of para-hydroxylation sites is 1. The fourth-order valence-electron chi connectivity index (χ4n) is 4.97. The summed E-state index contributed by atoms with van der Waals surface area (Å²) in [5.41, 5.74) is 4.84. The van der Waals surface area contributed by atoms with Gasteiger partial charge in [-0.3, -0.25) is 4.79 Å². The summed E-state index contributed by atoms with van der Waals surface area (Å²) in [4.78, 5) is 14.7. The molecule has 0 bridgehead atoms. The Kier molecular flexibility index (Phi) is 5.05. The van der Waals surface area contributed by atoms with Crippen molar-refractivity contribution in [3.05, 3.63) is 47.5 Å². The number of hydrogen-bond donors (Lipinski definition) is 0. The fourth-order valence-corrected chi connectivity index (χ4v) is 4.97. The molecule has 1 saturated heterocycles. The highest BCUT2D eigenvalue weighted by molar-refractivity contribution is 6.15. The van der Waals surface area contributed by atoms with Crippen LogP contribution in [0.5, 0.6) is 0 Å². The van der Waals surface area contributed by atoms with Crippen LogP contribution in [0.15, 0.2) is 36.4 Å². The second-order valence-electron chi connectivity index (χ2n) is 7.64. The molecule has 0 N–H and O–H groups in total. The number of rotatable bonds is 3. The van der Waals surface area contributed by atoms with Crippen LogP contribution in [0.25, 0.3) is 21.8 Å². The Morgan fingerprint density at radius 2 is 1.85 bits per heavy atom. The molecule has 0 amide bonds. The van der Waals surface area contributed by atoms with Gasteiger partial charge in [-0.1, -0.05) is 32.0 Å². The van der Waals surface area contributed by atoms with Crippen LogP contribution in [-0.2, 0) is 13.0 Å². The molecule has 0 saturated carbocycles. The third-order valence-corrected chi connectivity index (χ3v) is 6.31. The van der Waals surface area contributed by atoms with Crippen molar-refractivity contribution in [2.24, 2.45) is 0 Å². The minimum Gasteiger partial charge on any atom is -0.340 e. The van der Waals surface area contributed by atoms with Gasteiger partial charge in [0.2, 0.25) is 0 Å². The summed E-state index contributed by atoms with van der Waals surface area (Å²) in [6.45, 7) is 6.28. The van der Waals surface area contributed by atoms with Crippen molar-refractivity contribution in [2.75, 3.05) is 13.6 Å². The van der Waals surface area contributed by atoms with Crippen molar-refractivity contribution in [3.8, 4) is 0 Å². The maximum atomic E-state index is 12.2. The number of likely N-dealkylation sites (tertiary alicyclic amines) is 1. The minimum absolute atomic E-state index is 0.307. The number of Topliss-reactive ketones (excluding diaryl/α,β-unsaturated/α-hetero) is 1. The lowest BCUT2D eigenvalue weighted by Crippen LogP contribution is -2.26. The molecule has 0 spiro atoms. The van der Waals surface area contributed by atoms with Gasteiger partial charge < -0.3 is 9.47 Å². The summed E-state index contributed by atoms with van der Waals surface area (Å²) >= 11 is 0. The van der Waals surface area contributed by atoms with Gasteiger partial charge in [-0.2, -0.15) is 0 Å². The van der Waals surface area contributed by atoms with Gasteiger partial charge in [0, 0.05) is 46.4 Å². The van der Waals surface area contributed by atoms with Gasteiger partial charge in [-0.25, -0.2) is 0 Å². The van der Waals surface area contributed by atoms with E-state index in [4.69, 9.17) is 0 Å². The first-order valence-electron chi connectivity index (χ1n) is 10.5. The molecule has 3 heteroatoms. The van der Waals surface area contributed by atoms with Crippen LogP contribution in [-0.4, -0.2) is 34.9 Å². The van der Waals surface area contributed by atoms with Gasteiger partial charge in [-0.15, -0.1) is 0 Å². The SMILES string of the molecule is CC.CN1CCCC1CCn1c2ccccc2c2c3c(ccc21)C(=O)CC3. The minimum atomic E-state index is 0.307. The number of aromatic nitrogens is 1. The molecule has 1 aliphatic carbocycles. The van der Waals surface area contributed by atoms with E-state index in [2.05, 4.69) is 52.9 Å². The van der Waals surface area contributed by atoms with E-state index in [1.54, 1.807) is 0 Å². The summed E-state index contributed by atoms with van der Waals surface area (Å²) in [5, 5.41) is 2.63. The molecular formula is C24H30N2O. The molecule has 142 valence electrons. The van der Waals surface area contributed by atoms with E-state index < -0.39 is 0 Å². The second-order valence-corrected chi connectivity index (χ2v) is 7.64. The average molecular weight is 363 g/mol. The summed E-state index contributed by atoms with van der Waals surface area (Å²) in [6.07, 6.45) is 5.40. The van der Waals surface area contributed by atoms with E-state index in [0.29, 0.717) is 18.2 Å². The highest BCUT2D eigenvalue weighted by Gasteiger charge is 2.25. The number of carbonyl (C=O) groups excluding carboxylic acids is 1. The van der Waals surface area contributed by atoms with E-state index in [1.165, 1.54) is 53.2 Å². The maximum Gasteiger partial charge on any atom is 0.163 e. The van der Waals surface area contributed by atoms with Gasteiger partial charge in [0.25, 0.3) is 0 Å². The molecule has 5 rings (SSSR count). The first-order chi connectivity index (χ1) is 13.2. The van der Waals surface area contributed by atoms with Crippen LogP contribution >= 0.6 is 0 Å². The molecule has 1 fully saturated rings. The third kappa shape index (κ3) is 2.98. The molecule has 27 heavy (non-hydrogen) atoms. The molecule has 1 atom stereocenters. The highest BCUT2D eigenvalue weighted by atomic mass is 16.1. The van der Waals surface area contributed by atoms with Crippen molar-refractivity contribution in [3.63, 3.8) is 0 Å². The summed E-state index contributed by atoms with van der Waals surface area (Å²) in [7, 11) is 2.25. The Morgan fingerprint density at radius 1 is 1.04 bits per heavy atom. The van der Waals surface area contributed by atoms with Crippen LogP contribution in [0.4, 0.5) is 0 Å². The Hall–Kier alpha value is -2.13. The first kappa shape index (κ1) is 18.2. The largest absolute Gasteiger partial charge is 0.340 e. The molecule has 3 aromatic rings. The standard InChI is InChI=1S/C22H24N2O.C2H6/c1-23-13-4-5-15(23)12-14-24-19-7-3-2-6-18(19)22-17-9-11-21(25)16(17)8-10-20(22)24;1-2/h2-3,6-8,10,15H,4-5,9,11-14H2,1H3;1-2H3. The van der Waals surface area contributed by atoms with E-state index in [9.17, 15) is 4.79 Å². The van der Waals surface area contributed by atoms with Crippen molar-refractivity contribution in [1.82, 2.24) is 9.47 Å². The lowest BCUT2D eigenvalue weighted by atomic mass is 10.0. The van der Waals surface area contributed by atoms with Crippen molar-refractivity contribution in [1.29, 1.82) is 0 Å². The van der Waals surface area contributed by atoms with E-state index in [0.717, 1.165) is 18.5 Å². The van der Waals surface area contributed by atoms with Crippen molar-refractivity contribution < 1.29 is 4.79 Å². The quantitative estimate of drug-likeness (QED) is 0.620. The molecule has 2 aromatic carbocycles. The number of ketones is 1. The van der Waals surface area contributed by atoms with Gasteiger partial charge in [0.1, 0.15) is 0 Å². The van der Waals surface area contributed by atoms with Crippen LogP contribution in [0, 0.1) is 0 Å². The molecule has 1 unspecified atom stereocenters. The van der Waals surface area contributed by atoms with Crippen LogP contribution in [0.1, 0.15) is 55.5 Å². The van der Waals surface area contributed by atoms with Gasteiger partial charge >= 0.3 is 0 Å². The number of fused-ring (bicyclic) bond motifs is 5. The van der Waals surface area contributed by atoms with Crippen molar-refractivity contribution >= 4 is 27.6 Å². The molecule has 2 heterocycles. The summed E-state index contributed by atoms with van der Waals surface area (Å²) < 4.78 is 2.49. The zero-order valence-corrected chi connectivity index (χ0v) is 16.8. The smallest absolute Gasteiger partial charge is 0.163 e. The Bertz CT molecular complexity index is 985. The predicted molar refractivity (Wildman–Crippen MR) is 114 cm³/mol. The number of carbonyl (C=O) groups is 1.